The molecule has 7 heteroatoms. The summed E-state index contributed by atoms with van der Waals surface area (Å²) >= 11 is 1.67. The molecular formula is C19H22N4O2S. The van der Waals surface area contributed by atoms with Crippen molar-refractivity contribution in [3.05, 3.63) is 29.8 Å². The van der Waals surface area contributed by atoms with Crippen molar-refractivity contribution in [3.8, 4) is 0 Å². The number of benzene rings is 1. The zero-order valence-corrected chi connectivity index (χ0v) is 15.3. The van der Waals surface area contributed by atoms with Crippen molar-refractivity contribution in [1.29, 1.82) is 0 Å². The number of hydrogen-bond donors (Lipinski definition) is 3. The minimum atomic E-state index is 0.0105. The highest BCUT2D eigenvalue weighted by Crippen LogP contribution is 2.33. The van der Waals surface area contributed by atoms with E-state index in [0.717, 1.165) is 34.5 Å². The summed E-state index contributed by atoms with van der Waals surface area (Å²) in [5, 5.41) is 11.8. The molecule has 3 atom stereocenters. The van der Waals surface area contributed by atoms with Gasteiger partial charge in [0.25, 0.3) is 5.91 Å². The lowest BCUT2D eigenvalue weighted by Gasteiger charge is -2.26. The number of piperazine rings is 1. The minimum Gasteiger partial charge on any atom is -0.353 e. The van der Waals surface area contributed by atoms with Crippen LogP contribution in [-0.2, 0) is 4.79 Å². The summed E-state index contributed by atoms with van der Waals surface area (Å²) in [5.41, 5.74) is 0.709. The van der Waals surface area contributed by atoms with E-state index in [1.165, 1.54) is 6.42 Å². The molecule has 5 rings (SSSR count). The predicted molar refractivity (Wildman–Crippen MR) is 103 cm³/mol. The number of anilines is 1. The van der Waals surface area contributed by atoms with Gasteiger partial charge in [-0.15, -0.1) is 11.3 Å². The van der Waals surface area contributed by atoms with Gasteiger partial charge in [-0.3, -0.25) is 9.59 Å². The second kappa shape index (κ2) is 6.25. The summed E-state index contributed by atoms with van der Waals surface area (Å²) in [4.78, 5) is 26.4. The average Bonchev–Trinajstić information content (AvgIpc) is 3.36. The van der Waals surface area contributed by atoms with Crippen LogP contribution in [0.1, 0.15) is 29.6 Å². The van der Waals surface area contributed by atoms with Crippen molar-refractivity contribution in [3.63, 3.8) is 0 Å². The van der Waals surface area contributed by atoms with E-state index < -0.39 is 0 Å². The van der Waals surface area contributed by atoms with E-state index in [1.54, 1.807) is 11.3 Å². The number of rotatable bonds is 3. The minimum absolute atomic E-state index is 0.0105. The van der Waals surface area contributed by atoms with Crippen LogP contribution in [0.5, 0.6) is 0 Å². The fourth-order valence-electron chi connectivity index (χ4n) is 4.39. The number of nitrogens with zero attached hydrogens (tertiary/aromatic N) is 1. The van der Waals surface area contributed by atoms with Crippen molar-refractivity contribution in [1.82, 2.24) is 16.0 Å². The first-order chi connectivity index (χ1) is 12.7. The Hall–Kier alpha value is -2.12. The highest BCUT2D eigenvalue weighted by atomic mass is 32.1. The van der Waals surface area contributed by atoms with Gasteiger partial charge >= 0.3 is 0 Å². The number of amides is 2. The summed E-state index contributed by atoms with van der Waals surface area (Å²) in [6, 6.07) is 9.24. The molecule has 2 bridgehead atoms. The van der Waals surface area contributed by atoms with Gasteiger partial charge in [0.05, 0.1) is 11.5 Å². The molecule has 1 aromatic heterocycles. The Morgan fingerprint density at radius 3 is 2.96 bits per heavy atom. The quantitative estimate of drug-likeness (QED) is 0.765. The Labute approximate surface area is 155 Å². The van der Waals surface area contributed by atoms with Gasteiger partial charge in [-0.2, -0.15) is 0 Å². The predicted octanol–water partition coefficient (Wildman–Crippen LogP) is 1.46. The molecule has 0 unspecified atom stereocenters. The fourth-order valence-corrected chi connectivity index (χ4v) is 5.46. The average molecular weight is 370 g/mol. The molecule has 136 valence electrons. The van der Waals surface area contributed by atoms with E-state index in [9.17, 15) is 9.59 Å². The number of carbonyl (C=O) groups excluding carboxylic acids is 2. The first-order valence-corrected chi connectivity index (χ1v) is 10.1. The molecular weight excluding hydrogens is 348 g/mol. The van der Waals surface area contributed by atoms with Crippen LogP contribution >= 0.6 is 11.3 Å². The van der Waals surface area contributed by atoms with E-state index in [0.29, 0.717) is 30.7 Å². The summed E-state index contributed by atoms with van der Waals surface area (Å²) in [6.07, 6.45) is 3.43. The summed E-state index contributed by atoms with van der Waals surface area (Å²) in [7, 11) is 0. The molecule has 26 heavy (non-hydrogen) atoms. The number of fused-ring (bicyclic) bond motifs is 3. The van der Waals surface area contributed by atoms with E-state index >= 15 is 0 Å². The molecule has 3 N–H and O–H groups in total. The molecule has 0 spiro atoms. The van der Waals surface area contributed by atoms with E-state index in [2.05, 4.69) is 26.9 Å². The Morgan fingerprint density at radius 1 is 1.27 bits per heavy atom. The van der Waals surface area contributed by atoms with Crippen LogP contribution in [0.3, 0.4) is 0 Å². The van der Waals surface area contributed by atoms with Crippen molar-refractivity contribution in [2.75, 3.05) is 24.5 Å². The first-order valence-electron chi connectivity index (χ1n) is 9.28. The lowest BCUT2D eigenvalue weighted by atomic mass is 9.95. The topological polar surface area (TPSA) is 73.5 Å². The maximum Gasteiger partial charge on any atom is 0.251 e. The number of carbonyl (C=O) groups is 2. The van der Waals surface area contributed by atoms with Crippen LogP contribution in [0, 0.1) is 0 Å². The third-order valence-corrected chi connectivity index (χ3v) is 6.91. The van der Waals surface area contributed by atoms with Crippen molar-refractivity contribution < 1.29 is 9.59 Å². The van der Waals surface area contributed by atoms with Gasteiger partial charge in [0.2, 0.25) is 5.91 Å². The zero-order chi connectivity index (χ0) is 17.7. The second-order valence-electron chi connectivity index (χ2n) is 7.47. The molecule has 3 aliphatic heterocycles. The Balaban J connectivity index is 1.34. The van der Waals surface area contributed by atoms with Crippen LogP contribution in [0.2, 0.25) is 0 Å². The molecule has 3 fully saturated rings. The van der Waals surface area contributed by atoms with Crippen LogP contribution in [-0.4, -0.2) is 49.6 Å². The van der Waals surface area contributed by atoms with Gasteiger partial charge in [-0.1, -0.05) is 0 Å². The Morgan fingerprint density at radius 2 is 2.19 bits per heavy atom. The highest BCUT2D eigenvalue weighted by Gasteiger charge is 2.39. The highest BCUT2D eigenvalue weighted by molar-refractivity contribution is 7.22. The van der Waals surface area contributed by atoms with Crippen LogP contribution in [0.25, 0.3) is 10.1 Å². The van der Waals surface area contributed by atoms with Crippen LogP contribution < -0.4 is 20.9 Å². The summed E-state index contributed by atoms with van der Waals surface area (Å²) < 4.78 is 1.14. The molecule has 3 saturated heterocycles. The number of thiophene rings is 1. The fraction of sp³-hybridized carbons (Fsp3) is 0.474. The normalized spacial score (nSPS) is 27.8. The third-order valence-electron chi connectivity index (χ3n) is 5.73. The van der Waals surface area contributed by atoms with Gasteiger partial charge in [-0.05, 0) is 48.9 Å². The molecule has 4 heterocycles. The maximum atomic E-state index is 12.7. The van der Waals surface area contributed by atoms with E-state index in [-0.39, 0.29) is 17.9 Å². The maximum absolute atomic E-state index is 12.7. The first kappa shape index (κ1) is 16.1. The lowest BCUT2D eigenvalue weighted by molar-refractivity contribution is -0.120. The Kier molecular flexibility index (Phi) is 3.86. The Bertz CT molecular complexity index is 880. The van der Waals surface area contributed by atoms with Gasteiger partial charge in [0.1, 0.15) is 0 Å². The second-order valence-corrected chi connectivity index (χ2v) is 8.53. The van der Waals surface area contributed by atoms with Crippen molar-refractivity contribution in [2.45, 2.75) is 37.4 Å². The van der Waals surface area contributed by atoms with Gasteiger partial charge in [-0.25, -0.2) is 0 Å². The van der Waals surface area contributed by atoms with Crippen LogP contribution in [0.15, 0.2) is 24.3 Å². The molecule has 3 aliphatic rings. The summed E-state index contributed by atoms with van der Waals surface area (Å²) in [6.45, 7) is 1.90. The van der Waals surface area contributed by atoms with Gasteiger partial charge in [0, 0.05) is 41.5 Å². The molecule has 1 aromatic carbocycles. The molecule has 6 nitrogen and oxygen atoms in total. The molecule has 0 radical (unpaired) electrons. The third kappa shape index (κ3) is 2.85. The molecule has 2 aromatic rings. The summed E-state index contributed by atoms with van der Waals surface area (Å²) in [5.74, 6) is 0.0737. The van der Waals surface area contributed by atoms with Gasteiger partial charge in [0.15, 0.2) is 0 Å². The number of nitrogens with one attached hydrogen (secondary N) is 3. The standard InChI is InChI=1S/C19H22N4O2S/c24-17-10-23(6-5-20-17)18-8-12-7-11(1-4-16(12)26-18)19(25)22-15-9-13-2-3-14(15)21-13/h1,4,7-8,13-15,21H,2-3,5-6,9-10H2,(H,20,24)(H,22,25)/t13-,14+,15-/m1/s1. The van der Waals surface area contributed by atoms with Crippen molar-refractivity contribution >= 4 is 38.2 Å². The van der Waals surface area contributed by atoms with E-state index in [1.807, 2.05) is 18.2 Å². The molecule has 2 amide bonds. The molecule has 0 saturated carbocycles. The smallest absolute Gasteiger partial charge is 0.251 e. The van der Waals surface area contributed by atoms with Gasteiger partial charge < -0.3 is 20.9 Å². The van der Waals surface area contributed by atoms with E-state index in [4.69, 9.17) is 0 Å². The number of hydrogen-bond acceptors (Lipinski definition) is 5. The molecule has 0 aliphatic carbocycles. The zero-order valence-electron chi connectivity index (χ0n) is 14.5. The SMILES string of the molecule is O=C1CN(c2cc3cc(C(=O)N[C@@H]4C[C@H]5CC[C@@H]4N5)ccc3s2)CCN1. The van der Waals surface area contributed by atoms with Crippen molar-refractivity contribution in [2.24, 2.45) is 0 Å². The monoisotopic (exact) mass is 370 g/mol. The lowest BCUT2D eigenvalue weighted by Crippen LogP contribution is -2.47. The van der Waals surface area contributed by atoms with Crippen LogP contribution in [0.4, 0.5) is 5.00 Å². The largest absolute Gasteiger partial charge is 0.353 e.